The standard InChI is InChI=1S/C28H32F2N6OS/c1-5-13(3)21(23-15(9-31)27(33)38-26(23)19(29)6-2)22-18-12-37-11-17(18)16-10-34-28(35-25(16)24(22)30)36-8-7-20(32)14(36)4/h6,10,14,20,25H,5,7-8,11-12,32-33H2,1-4H3,(H,34,35)/b19-6+,21-13+. The first-order chi connectivity index (χ1) is 18.2. The third-order valence-electron chi connectivity index (χ3n) is 7.95. The lowest BCUT2D eigenvalue weighted by molar-refractivity contribution is 0.206. The maximum absolute atomic E-state index is 16.9. The Bertz CT molecular complexity index is 1420. The summed E-state index contributed by atoms with van der Waals surface area (Å²) in [6.07, 6.45) is 4.54. The van der Waals surface area contributed by atoms with E-state index in [4.69, 9.17) is 21.2 Å². The normalized spacial score (nSPS) is 26.0. The van der Waals surface area contributed by atoms with Crippen molar-refractivity contribution in [2.24, 2.45) is 10.7 Å². The van der Waals surface area contributed by atoms with E-state index in [-0.39, 0.29) is 34.1 Å². The molecule has 3 atom stereocenters. The Kier molecular flexibility index (Phi) is 7.03. The zero-order valence-electron chi connectivity index (χ0n) is 22.0. The summed E-state index contributed by atoms with van der Waals surface area (Å²) >= 11 is 1.00. The monoisotopic (exact) mass is 538 g/mol. The average molecular weight is 539 g/mol. The third kappa shape index (κ3) is 4.01. The van der Waals surface area contributed by atoms with Gasteiger partial charge in [0.2, 0.25) is 0 Å². The molecular formula is C28H32F2N6OS. The highest BCUT2D eigenvalue weighted by Gasteiger charge is 2.42. The summed E-state index contributed by atoms with van der Waals surface area (Å²) in [4.78, 5) is 7.13. The van der Waals surface area contributed by atoms with Crippen LogP contribution in [-0.4, -0.2) is 48.7 Å². The number of allylic oxidation sites excluding steroid dienone is 3. The molecule has 0 aromatic carbocycles. The van der Waals surface area contributed by atoms with E-state index in [1.54, 1.807) is 6.92 Å². The van der Waals surface area contributed by atoms with Crippen molar-refractivity contribution < 1.29 is 13.5 Å². The van der Waals surface area contributed by atoms with Gasteiger partial charge in [0.15, 0.2) is 5.96 Å². The van der Waals surface area contributed by atoms with Crippen LogP contribution in [0.15, 0.2) is 51.0 Å². The topological polar surface area (TPSA) is 113 Å². The van der Waals surface area contributed by atoms with Gasteiger partial charge in [0.05, 0.1) is 23.7 Å². The van der Waals surface area contributed by atoms with Crippen molar-refractivity contribution >= 4 is 33.7 Å². The lowest BCUT2D eigenvalue weighted by Crippen LogP contribution is -2.47. The number of rotatable bonds is 4. The van der Waals surface area contributed by atoms with E-state index in [0.717, 1.165) is 41.0 Å². The molecule has 1 saturated heterocycles. The van der Waals surface area contributed by atoms with Gasteiger partial charge in [-0.1, -0.05) is 18.6 Å². The number of aliphatic imine (C=N–C) groups is 1. The Morgan fingerprint density at radius 3 is 2.76 bits per heavy atom. The van der Waals surface area contributed by atoms with Crippen LogP contribution in [0.4, 0.5) is 13.8 Å². The number of nitriles is 1. The summed E-state index contributed by atoms with van der Waals surface area (Å²) in [5.74, 6) is -0.373. The molecule has 10 heteroatoms. The second kappa shape index (κ2) is 10.1. The number of nitrogens with one attached hydrogen (secondary N) is 1. The van der Waals surface area contributed by atoms with E-state index in [1.807, 2.05) is 27.0 Å². The average Bonchev–Trinajstić information content (AvgIpc) is 3.62. The molecule has 1 aliphatic carbocycles. The molecule has 5 N–H and O–H groups in total. The summed E-state index contributed by atoms with van der Waals surface area (Å²) in [5, 5.41) is 13.5. The quantitative estimate of drug-likeness (QED) is 0.502. The van der Waals surface area contributed by atoms with Gasteiger partial charge in [-0.25, -0.2) is 13.8 Å². The van der Waals surface area contributed by atoms with Gasteiger partial charge in [-0.2, -0.15) is 5.26 Å². The van der Waals surface area contributed by atoms with Crippen molar-refractivity contribution in [1.29, 1.82) is 5.26 Å². The highest BCUT2D eigenvalue weighted by molar-refractivity contribution is 7.17. The van der Waals surface area contributed by atoms with E-state index in [2.05, 4.69) is 16.3 Å². The second-order valence-electron chi connectivity index (χ2n) is 9.96. The van der Waals surface area contributed by atoms with Gasteiger partial charge in [-0.15, -0.1) is 11.3 Å². The van der Waals surface area contributed by atoms with Crippen LogP contribution in [0.5, 0.6) is 0 Å². The molecule has 38 heavy (non-hydrogen) atoms. The highest BCUT2D eigenvalue weighted by atomic mass is 32.1. The summed E-state index contributed by atoms with van der Waals surface area (Å²) in [6, 6.07) is 1.33. The molecule has 3 aliphatic heterocycles. The number of hydrogen-bond donors (Lipinski definition) is 3. The van der Waals surface area contributed by atoms with Crippen LogP contribution < -0.4 is 16.8 Å². The van der Waals surface area contributed by atoms with E-state index in [0.29, 0.717) is 41.3 Å². The Morgan fingerprint density at radius 2 is 2.13 bits per heavy atom. The molecule has 1 aromatic heterocycles. The van der Waals surface area contributed by atoms with Crippen molar-refractivity contribution in [2.45, 2.75) is 58.7 Å². The Balaban J connectivity index is 1.74. The molecule has 5 rings (SSSR count). The minimum absolute atomic E-state index is 0.0138. The number of likely N-dealkylation sites (tertiary alicyclic amines) is 1. The van der Waals surface area contributed by atoms with Crippen LogP contribution in [0.1, 0.15) is 56.5 Å². The maximum Gasteiger partial charge on any atom is 0.199 e. The van der Waals surface area contributed by atoms with Gasteiger partial charge in [0, 0.05) is 41.5 Å². The molecule has 0 radical (unpaired) electrons. The van der Waals surface area contributed by atoms with Crippen molar-refractivity contribution in [3.63, 3.8) is 0 Å². The minimum Gasteiger partial charge on any atom is -0.389 e. The first kappa shape index (κ1) is 26.4. The van der Waals surface area contributed by atoms with Crippen LogP contribution in [0, 0.1) is 11.3 Å². The summed E-state index contributed by atoms with van der Waals surface area (Å²) < 4.78 is 37.8. The fraction of sp³-hybridized carbons (Fsp3) is 0.429. The largest absolute Gasteiger partial charge is 0.389 e. The van der Waals surface area contributed by atoms with E-state index >= 15 is 8.78 Å². The van der Waals surface area contributed by atoms with Gasteiger partial charge in [0.25, 0.3) is 0 Å². The van der Waals surface area contributed by atoms with Crippen molar-refractivity contribution in [3.05, 3.63) is 62.0 Å². The number of hydrogen-bond acceptors (Lipinski definition) is 8. The molecule has 0 amide bonds. The molecule has 200 valence electrons. The SMILES string of the molecule is C/C=C(/F)c1sc(N)c(C#N)c1/C(C1=C(F)C2N=C(N3CCC(N)C3C)NC=C2C2=C1COC2)=C(\C)CC. The molecule has 4 heterocycles. The minimum atomic E-state index is -0.887. The number of anilines is 1. The zero-order chi connectivity index (χ0) is 27.3. The van der Waals surface area contributed by atoms with Crippen LogP contribution in [0.25, 0.3) is 11.4 Å². The van der Waals surface area contributed by atoms with Crippen LogP contribution >= 0.6 is 11.3 Å². The third-order valence-corrected chi connectivity index (χ3v) is 8.98. The smallest absolute Gasteiger partial charge is 0.199 e. The summed E-state index contributed by atoms with van der Waals surface area (Å²) in [5.41, 5.74) is 16.8. The number of nitrogens with two attached hydrogens (primary N) is 2. The van der Waals surface area contributed by atoms with Crippen LogP contribution in [-0.2, 0) is 4.74 Å². The molecule has 0 saturated carbocycles. The first-order valence-electron chi connectivity index (χ1n) is 12.8. The number of nitrogens with zero attached hydrogens (tertiary/aromatic N) is 3. The molecule has 7 nitrogen and oxygen atoms in total. The van der Waals surface area contributed by atoms with Crippen LogP contribution in [0.3, 0.4) is 0 Å². The van der Waals surface area contributed by atoms with Crippen molar-refractivity contribution in [3.8, 4) is 6.07 Å². The summed E-state index contributed by atoms with van der Waals surface area (Å²) in [6.45, 7) is 8.71. The Hall–Kier alpha value is -3.26. The molecule has 1 fully saturated rings. The summed E-state index contributed by atoms with van der Waals surface area (Å²) in [7, 11) is 0. The van der Waals surface area contributed by atoms with E-state index in [9.17, 15) is 5.26 Å². The number of fused-ring (bicyclic) bond motifs is 2. The molecule has 0 spiro atoms. The number of nitrogen functional groups attached to an aromatic ring is 1. The van der Waals surface area contributed by atoms with Gasteiger partial charge in [0.1, 0.15) is 28.8 Å². The van der Waals surface area contributed by atoms with E-state index in [1.165, 1.54) is 6.08 Å². The molecule has 3 unspecified atom stereocenters. The van der Waals surface area contributed by atoms with Gasteiger partial charge in [-0.3, -0.25) is 0 Å². The van der Waals surface area contributed by atoms with E-state index < -0.39 is 17.7 Å². The molecule has 4 aliphatic rings. The number of ether oxygens (including phenoxy) is 1. The van der Waals surface area contributed by atoms with Gasteiger partial charge >= 0.3 is 0 Å². The fourth-order valence-electron chi connectivity index (χ4n) is 5.60. The highest BCUT2D eigenvalue weighted by Crippen LogP contribution is 2.51. The predicted molar refractivity (Wildman–Crippen MR) is 148 cm³/mol. The lowest BCUT2D eigenvalue weighted by atomic mass is 9.78. The van der Waals surface area contributed by atoms with Crippen molar-refractivity contribution in [2.75, 3.05) is 25.5 Å². The zero-order valence-corrected chi connectivity index (χ0v) is 22.8. The van der Waals surface area contributed by atoms with Crippen LogP contribution in [0.2, 0.25) is 0 Å². The lowest BCUT2D eigenvalue weighted by Gasteiger charge is -2.34. The first-order valence-corrected chi connectivity index (χ1v) is 13.7. The van der Waals surface area contributed by atoms with Gasteiger partial charge < -0.3 is 26.4 Å². The number of guanidine groups is 1. The fourth-order valence-corrected chi connectivity index (χ4v) is 6.59. The Morgan fingerprint density at radius 1 is 1.39 bits per heavy atom. The van der Waals surface area contributed by atoms with Crippen molar-refractivity contribution in [1.82, 2.24) is 10.2 Å². The molecule has 0 bridgehead atoms. The molecular weight excluding hydrogens is 506 g/mol. The van der Waals surface area contributed by atoms with Gasteiger partial charge in [-0.05, 0) is 50.3 Å². The maximum atomic E-state index is 16.9. The predicted octanol–water partition coefficient (Wildman–Crippen LogP) is 4.91. The number of thiophene rings is 1. The molecule has 1 aromatic rings. The second-order valence-corrected chi connectivity index (χ2v) is 11.0. The Labute approximate surface area is 225 Å². The number of halogens is 2.